The number of hydrogen-bond donors (Lipinski definition) is 0. The molecule has 0 radical (unpaired) electrons. The molecule has 27 heavy (non-hydrogen) atoms. The summed E-state index contributed by atoms with van der Waals surface area (Å²) in [5, 5.41) is 3.94. The first kappa shape index (κ1) is 18.8. The van der Waals surface area contributed by atoms with Crippen LogP contribution in [0.15, 0.2) is 53.1 Å². The summed E-state index contributed by atoms with van der Waals surface area (Å²) in [7, 11) is 1.71. The van der Waals surface area contributed by atoms with Crippen molar-refractivity contribution in [3.63, 3.8) is 0 Å². The van der Waals surface area contributed by atoms with Crippen molar-refractivity contribution in [3.8, 4) is 11.1 Å². The minimum absolute atomic E-state index is 0.165. The van der Waals surface area contributed by atoms with Crippen LogP contribution in [0.5, 0.6) is 0 Å². The second-order valence-electron chi connectivity index (χ2n) is 6.71. The molecule has 0 spiro atoms. The van der Waals surface area contributed by atoms with Crippen molar-refractivity contribution >= 4 is 5.91 Å². The fourth-order valence-corrected chi connectivity index (χ4v) is 2.76. The predicted molar refractivity (Wildman–Crippen MR) is 101 cm³/mol. The summed E-state index contributed by atoms with van der Waals surface area (Å²) in [6, 6.07) is 13.5. The standard InChI is InChI=1S/C21H22FN3O2/c1-14(2)20-23-19(24-27-20)12-13-25(3)21(26)17-10-5-4-8-15(17)16-9-6-7-11-18(16)22/h4-11,14H,12-13H2,1-3H3. The van der Waals surface area contributed by atoms with Crippen molar-refractivity contribution in [2.75, 3.05) is 13.6 Å². The van der Waals surface area contributed by atoms with Crippen molar-refractivity contribution < 1.29 is 13.7 Å². The topological polar surface area (TPSA) is 59.2 Å². The normalized spacial score (nSPS) is 11.0. The number of halogens is 1. The van der Waals surface area contributed by atoms with E-state index in [0.29, 0.717) is 41.4 Å². The number of hydrogen-bond acceptors (Lipinski definition) is 4. The maximum atomic E-state index is 14.2. The van der Waals surface area contributed by atoms with E-state index in [9.17, 15) is 9.18 Å². The number of aromatic nitrogens is 2. The van der Waals surface area contributed by atoms with Crippen molar-refractivity contribution in [1.82, 2.24) is 15.0 Å². The Morgan fingerprint density at radius 1 is 1.11 bits per heavy atom. The van der Waals surface area contributed by atoms with Crippen LogP contribution < -0.4 is 0 Å². The third-order valence-corrected chi connectivity index (χ3v) is 4.32. The highest BCUT2D eigenvalue weighted by Gasteiger charge is 2.19. The van der Waals surface area contributed by atoms with Gasteiger partial charge in [-0.25, -0.2) is 4.39 Å². The molecule has 0 bridgehead atoms. The summed E-state index contributed by atoms with van der Waals surface area (Å²) in [6.45, 7) is 4.39. The Bertz CT molecular complexity index is 936. The summed E-state index contributed by atoms with van der Waals surface area (Å²) in [6.07, 6.45) is 0.486. The highest BCUT2D eigenvalue weighted by molar-refractivity contribution is 6.00. The molecule has 0 unspecified atom stereocenters. The molecule has 1 aromatic heterocycles. The lowest BCUT2D eigenvalue weighted by molar-refractivity contribution is 0.0796. The molecule has 2 aromatic carbocycles. The van der Waals surface area contributed by atoms with E-state index in [-0.39, 0.29) is 17.6 Å². The molecule has 0 aliphatic rings. The molecule has 0 fully saturated rings. The molecule has 0 saturated heterocycles. The highest BCUT2D eigenvalue weighted by atomic mass is 19.1. The largest absolute Gasteiger partial charge is 0.341 e. The summed E-state index contributed by atoms with van der Waals surface area (Å²) in [5.74, 6) is 0.790. The molecule has 0 aliphatic carbocycles. The van der Waals surface area contributed by atoms with Crippen molar-refractivity contribution in [2.24, 2.45) is 0 Å². The van der Waals surface area contributed by atoms with Crippen LogP contribution in [-0.4, -0.2) is 34.5 Å². The number of carbonyl (C=O) groups excluding carboxylic acids is 1. The van der Waals surface area contributed by atoms with Gasteiger partial charge in [0.25, 0.3) is 5.91 Å². The van der Waals surface area contributed by atoms with Crippen LogP contribution in [0, 0.1) is 5.82 Å². The predicted octanol–water partition coefficient (Wildman–Crippen LogP) is 4.31. The van der Waals surface area contributed by atoms with E-state index in [2.05, 4.69) is 10.1 Å². The highest BCUT2D eigenvalue weighted by Crippen LogP contribution is 2.27. The molecule has 0 aliphatic heterocycles. The first-order valence-electron chi connectivity index (χ1n) is 8.89. The molecule has 0 atom stereocenters. The van der Waals surface area contributed by atoms with E-state index in [1.165, 1.54) is 6.07 Å². The minimum atomic E-state index is -0.353. The zero-order chi connectivity index (χ0) is 19.4. The van der Waals surface area contributed by atoms with Gasteiger partial charge in [0.15, 0.2) is 5.82 Å². The van der Waals surface area contributed by atoms with Gasteiger partial charge < -0.3 is 9.42 Å². The Morgan fingerprint density at radius 3 is 2.44 bits per heavy atom. The van der Waals surface area contributed by atoms with E-state index in [0.717, 1.165) is 0 Å². The van der Waals surface area contributed by atoms with Crippen molar-refractivity contribution in [2.45, 2.75) is 26.2 Å². The Morgan fingerprint density at radius 2 is 1.78 bits per heavy atom. The van der Waals surface area contributed by atoms with Crippen LogP contribution in [0.1, 0.15) is 41.8 Å². The van der Waals surface area contributed by atoms with E-state index in [4.69, 9.17) is 4.52 Å². The lowest BCUT2D eigenvalue weighted by atomic mass is 9.98. The zero-order valence-corrected chi connectivity index (χ0v) is 15.6. The van der Waals surface area contributed by atoms with Crippen LogP contribution in [-0.2, 0) is 6.42 Å². The van der Waals surface area contributed by atoms with Crippen LogP contribution in [0.2, 0.25) is 0 Å². The van der Waals surface area contributed by atoms with Gasteiger partial charge in [-0.05, 0) is 17.7 Å². The number of amides is 1. The number of nitrogens with zero attached hydrogens (tertiary/aromatic N) is 3. The lowest BCUT2D eigenvalue weighted by Crippen LogP contribution is -2.29. The number of carbonyl (C=O) groups is 1. The SMILES string of the molecule is CC(C)c1nc(CCN(C)C(=O)c2ccccc2-c2ccccc2F)no1. The van der Waals surface area contributed by atoms with Crippen LogP contribution in [0.4, 0.5) is 4.39 Å². The summed E-state index contributed by atoms with van der Waals surface area (Å²) >= 11 is 0. The molecule has 0 saturated carbocycles. The van der Waals surface area contributed by atoms with Crippen molar-refractivity contribution in [1.29, 1.82) is 0 Å². The van der Waals surface area contributed by atoms with Crippen LogP contribution in [0.3, 0.4) is 0 Å². The minimum Gasteiger partial charge on any atom is -0.341 e. The average Bonchev–Trinajstić information content (AvgIpc) is 3.15. The molecule has 1 amide bonds. The van der Waals surface area contributed by atoms with E-state index < -0.39 is 0 Å². The molecule has 1 heterocycles. The number of likely N-dealkylation sites (N-methyl/N-ethyl adjacent to an activating group) is 1. The Balaban J connectivity index is 1.76. The summed E-state index contributed by atoms with van der Waals surface area (Å²) in [5.41, 5.74) is 1.45. The fraction of sp³-hybridized carbons (Fsp3) is 0.286. The lowest BCUT2D eigenvalue weighted by Gasteiger charge is -2.18. The number of benzene rings is 2. The van der Waals surface area contributed by atoms with E-state index in [1.54, 1.807) is 54.4 Å². The second kappa shape index (κ2) is 8.12. The zero-order valence-electron chi connectivity index (χ0n) is 15.6. The van der Waals surface area contributed by atoms with E-state index >= 15 is 0 Å². The first-order chi connectivity index (χ1) is 13.0. The first-order valence-corrected chi connectivity index (χ1v) is 8.89. The third kappa shape index (κ3) is 4.22. The van der Waals surface area contributed by atoms with Gasteiger partial charge in [0.2, 0.25) is 5.89 Å². The summed E-state index contributed by atoms with van der Waals surface area (Å²) in [4.78, 5) is 18.8. The van der Waals surface area contributed by atoms with Crippen LogP contribution >= 0.6 is 0 Å². The number of rotatable bonds is 6. The van der Waals surface area contributed by atoms with Gasteiger partial charge in [0.1, 0.15) is 5.82 Å². The van der Waals surface area contributed by atoms with Gasteiger partial charge >= 0.3 is 0 Å². The molecule has 6 heteroatoms. The Labute approximate surface area is 157 Å². The average molecular weight is 367 g/mol. The molecule has 5 nitrogen and oxygen atoms in total. The molecular formula is C21H22FN3O2. The Hall–Kier alpha value is -3.02. The molecule has 3 rings (SSSR count). The molecule has 140 valence electrons. The fourth-order valence-electron chi connectivity index (χ4n) is 2.76. The van der Waals surface area contributed by atoms with E-state index in [1.807, 2.05) is 13.8 Å². The third-order valence-electron chi connectivity index (χ3n) is 4.32. The van der Waals surface area contributed by atoms with Gasteiger partial charge in [-0.1, -0.05) is 55.4 Å². The maximum Gasteiger partial charge on any atom is 0.254 e. The van der Waals surface area contributed by atoms with Crippen molar-refractivity contribution in [3.05, 3.63) is 71.6 Å². The smallest absolute Gasteiger partial charge is 0.254 e. The van der Waals surface area contributed by atoms with Gasteiger partial charge in [0.05, 0.1) is 0 Å². The van der Waals surface area contributed by atoms with Gasteiger partial charge in [-0.15, -0.1) is 0 Å². The van der Waals surface area contributed by atoms with Crippen LogP contribution in [0.25, 0.3) is 11.1 Å². The molecular weight excluding hydrogens is 345 g/mol. The Kier molecular flexibility index (Phi) is 5.64. The monoisotopic (exact) mass is 367 g/mol. The molecule has 3 aromatic rings. The van der Waals surface area contributed by atoms with Gasteiger partial charge in [-0.2, -0.15) is 4.98 Å². The van der Waals surface area contributed by atoms with Gasteiger partial charge in [0, 0.05) is 37.1 Å². The molecule has 0 N–H and O–H groups in total. The maximum absolute atomic E-state index is 14.2. The van der Waals surface area contributed by atoms with Gasteiger partial charge in [-0.3, -0.25) is 4.79 Å². The summed E-state index contributed by atoms with van der Waals surface area (Å²) < 4.78 is 19.4. The quantitative estimate of drug-likeness (QED) is 0.651. The second-order valence-corrected chi connectivity index (χ2v) is 6.71.